The molecular weight excluding hydrogens is 344 g/mol. The van der Waals surface area contributed by atoms with E-state index in [-0.39, 0.29) is 36.3 Å². The molecule has 0 aromatic rings. The Morgan fingerprint density at radius 3 is 2.89 bits per heavy atom. The van der Waals surface area contributed by atoms with Crippen molar-refractivity contribution in [3.05, 3.63) is 23.8 Å². The molecular formula is C22H34O5. The molecule has 1 unspecified atom stereocenters. The second kappa shape index (κ2) is 7.27. The minimum Gasteiger partial charge on any atom is -0.396 e. The van der Waals surface area contributed by atoms with Gasteiger partial charge in [-0.05, 0) is 62.4 Å². The van der Waals surface area contributed by atoms with E-state index < -0.39 is 5.60 Å². The summed E-state index contributed by atoms with van der Waals surface area (Å²) in [4.78, 5) is 0. The molecule has 1 spiro atoms. The van der Waals surface area contributed by atoms with Gasteiger partial charge in [0, 0.05) is 25.0 Å². The number of hydrogen-bond acceptors (Lipinski definition) is 5. The molecule has 0 amide bonds. The first-order valence-electron chi connectivity index (χ1n) is 10.4. The fourth-order valence-corrected chi connectivity index (χ4v) is 7.08. The Morgan fingerprint density at radius 2 is 2.11 bits per heavy atom. The van der Waals surface area contributed by atoms with Crippen molar-refractivity contribution < 1.29 is 24.4 Å². The summed E-state index contributed by atoms with van der Waals surface area (Å²) in [6, 6.07) is 0. The van der Waals surface area contributed by atoms with Crippen LogP contribution in [0.5, 0.6) is 0 Å². The van der Waals surface area contributed by atoms with Crippen LogP contribution in [0.1, 0.15) is 45.4 Å². The average Bonchev–Trinajstić information content (AvgIpc) is 2.76. The van der Waals surface area contributed by atoms with Crippen molar-refractivity contribution in [2.24, 2.45) is 22.7 Å². The minimum atomic E-state index is -0.755. The maximum absolute atomic E-state index is 11.2. The first kappa shape index (κ1) is 19.6. The topological polar surface area (TPSA) is 68.2 Å². The molecule has 0 aliphatic heterocycles. The van der Waals surface area contributed by atoms with Gasteiger partial charge in [0.1, 0.15) is 6.79 Å². The molecule has 0 saturated heterocycles. The SMILES string of the molecule is COCOCCOC1[C@@H]2C=CC[C@@H]3[C@@]2(CCO)CC=C2[C@@]13CCC[C@@]2(C)O. The highest BCUT2D eigenvalue weighted by Crippen LogP contribution is 2.74. The number of hydrogen-bond donors (Lipinski definition) is 2. The molecule has 4 bridgehead atoms. The predicted molar refractivity (Wildman–Crippen MR) is 102 cm³/mol. The van der Waals surface area contributed by atoms with E-state index in [1.54, 1.807) is 7.11 Å². The summed E-state index contributed by atoms with van der Waals surface area (Å²) in [6.07, 6.45) is 12.7. The van der Waals surface area contributed by atoms with Gasteiger partial charge in [-0.15, -0.1) is 0 Å². The van der Waals surface area contributed by atoms with Crippen molar-refractivity contribution in [1.29, 1.82) is 0 Å². The summed E-state index contributed by atoms with van der Waals surface area (Å²) in [5.74, 6) is 0.720. The van der Waals surface area contributed by atoms with Crippen molar-refractivity contribution in [3.8, 4) is 0 Å². The third-order valence-electron chi connectivity index (χ3n) is 7.85. The smallest absolute Gasteiger partial charge is 0.146 e. The zero-order chi connectivity index (χ0) is 19.1. The molecule has 0 radical (unpaired) electrons. The number of ether oxygens (including phenoxy) is 3. The van der Waals surface area contributed by atoms with Crippen LogP contribution in [0.15, 0.2) is 23.8 Å². The highest BCUT2D eigenvalue weighted by Gasteiger charge is 2.71. The quantitative estimate of drug-likeness (QED) is 0.386. The monoisotopic (exact) mass is 378 g/mol. The van der Waals surface area contributed by atoms with Gasteiger partial charge in [-0.25, -0.2) is 0 Å². The third-order valence-corrected chi connectivity index (χ3v) is 7.85. The van der Waals surface area contributed by atoms with E-state index in [2.05, 4.69) is 18.2 Å². The van der Waals surface area contributed by atoms with E-state index in [4.69, 9.17) is 14.2 Å². The van der Waals surface area contributed by atoms with Gasteiger partial charge in [-0.1, -0.05) is 18.2 Å². The molecule has 27 heavy (non-hydrogen) atoms. The molecule has 4 rings (SSSR count). The van der Waals surface area contributed by atoms with Crippen LogP contribution in [0.25, 0.3) is 0 Å². The van der Waals surface area contributed by atoms with Crippen LogP contribution in [0.2, 0.25) is 0 Å². The Morgan fingerprint density at radius 1 is 1.26 bits per heavy atom. The number of methoxy groups -OCH3 is 1. The lowest BCUT2D eigenvalue weighted by atomic mass is 9.51. The molecule has 0 heterocycles. The average molecular weight is 379 g/mol. The summed E-state index contributed by atoms with van der Waals surface area (Å²) in [7, 11) is 1.62. The van der Waals surface area contributed by atoms with Gasteiger partial charge in [-0.2, -0.15) is 0 Å². The van der Waals surface area contributed by atoms with Gasteiger partial charge in [0.25, 0.3) is 0 Å². The maximum atomic E-state index is 11.2. The second-order valence-electron chi connectivity index (χ2n) is 9.04. The summed E-state index contributed by atoms with van der Waals surface area (Å²) < 4.78 is 16.9. The van der Waals surface area contributed by atoms with Crippen LogP contribution in [0.3, 0.4) is 0 Å². The Kier molecular flexibility index (Phi) is 5.27. The fourth-order valence-electron chi connectivity index (χ4n) is 7.08. The van der Waals surface area contributed by atoms with Gasteiger partial charge in [0.05, 0.1) is 24.9 Å². The summed E-state index contributed by atoms with van der Waals surface area (Å²) in [6.45, 7) is 3.49. The van der Waals surface area contributed by atoms with Gasteiger partial charge in [-0.3, -0.25) is 0 Å². The lowest BCUT2D eigenvalue weighted by Crippen LogP contribution is -2.52. The van der Waals surface area contributed by atoms with Gasteiger partial charge in [0.15, 0.2) is 0 Å². The van der Waals surface area contributed by atoms with E-state index in [0.29, 0.717) is 19.1 Å². The predicted octanol–water partition coefficient (Wildman–Crippen LogP) is 2.82. The molecule has 4 aliphatic carbocycles. The van der Waals surface area contributed by atoms with E-state index >= 15 is 0 Å². The minimum absolute atomic E-state index is 0.0412. The second-order valence-corrected chi connectivity index (χ2v) is 9.04. The summed E-state index contributed by atoms with van der Waals surface area (Å²) in [5, 5.41) is 21.1. The van der Waals surface area contributed by atoms with E-state index in [9.17, 15) is 10.2 Å². The molecule has 5 heteroatoms. The third kappa shape index (κ3) is 2.77. The molecule has 152 valence electrons. The summed E-state index contributed by atoms with van der Waals surface area (Å²) >= 11 is 0. The number of allylic oxidation sites excluding steroid dienone is 2. The zero-order valence-electron chi connectivity index (χ0n) is 16.7. The van der Waals surface area contributed by atoms with Crippen molar-refractivity contribution in [2.45, 2.75) is 57.2 Å². The van der Waals surface area contributed by atoms with Crippen molar-refractivity contribution in [1.82, 2.24) is 0 Å². The Labute approximate surface area is 162 Å². The van der Waals surface area contributed by atoms with Crippen LogP contribution >= 0.6 is 0 Å². The number of aliphatic hydroxyl groups excluding tert-OH is 1. The van der Waals surface area contributed by atoms with Crippen molar-refractivity contribution in [3.63, 3.8) is 0 Å². The van der Waals surface area contributed by atoms with Crippen molar-refractivity contribution in [2.75, 3.05) is 33.7 Å². The van der Waals surface area contributed by atoms with Gasteiger partial charge in [0.2, 0.25) is 0 Å². The van der Waals surface area contributed by atoms with E-state index in [0.717, 1.165) is 38.5 Å². The molecule has 6 atom stereocenters. The lowest BCUT2D eigenvalue weighted by molar-refractivity contribution is -0.100. The van der Waals surface area contributed by atoms with Crippen molar-refractivity contribution >= 4 is 0 Å². The molecule has 4 aliphatic rings. The van der Waals surface area contributed by atoms with Gasteiger partial charge >= 0.3 is 0 Å². The van der Waals surface area contributed by atoms with Crippen LogP contribution < -0.4 is 0 Å². The first-order valence-corrected chi connectivity index (χ1v) is 10.4. The first-order chi connectivity index (χ1) is 13.0. The van der Waals surface area contributed by atoms with Crippen LogP contribution in [-0.4, -0.2) is 55.6 Å². The Hall–Kier alpha value is -0.720. The molecule has 2 fully saturated rings. The maximum Gasteiger partial charge on any atom is 0.146 e. The van der Waals surface area contributed by atoms with Crippen LogP contribution in [0, 0.1) is 22.7 Å². The Bertz CT molecular complexity index is 612. The highest BCUT2D eigenvalue weighted by molar-refractivity contribution is 5.41. The Balaban J connectivity index is 1.69. The number of aliphatic hydroxyl groups is 2. The zero-order valence-corrected chi connectivity index (χ0v) is 16.7. The summed E-state index contributed by atoms with van der Waals surface area (Å²) in [5.41, 5.74) is 0.382. The number of rotatable bonds is 8. The largest absolute Gasteiger partial charge is 0.396 e. The van der Waals surface area contributed by atoms with E-state index in [1.807, 2.05) is 6.92 Å². The van der Waals surface area contributed by atoms with Crippen LogP contribution in [-0.2, 0) is 14.2 Å². The lowest BCUT2D eigenvalue weighted by Gasteiger charge is -2.55. The fraction of sp³-hybridized carbons (Fsp3) is 0.818. The van der Waals surface area contributed by atoms with Crippen LogP contribution in [0.4, 0.5) is 0 Å². The van der Waals surface area contributed by atoms with Gasteiger partial charge < -0.3 is 24.4 Å². The molecule has 2 N–H and O–H groups in total. The normalized spacial score (nSPS) is 44.9. The highest BCUT2D eigenvalue weighted by atomic mass is 16.7. The molecule has 0 aromatic carbocycles. The molecule has 2 saturated carbocycles. The molecule has 5 nitrogen and oxygen atoms in total. The molecule has 0 aromatic heterocycles. The van der Waals surface area contributed by atoms with E-state index in [1.165, 1.54) is 5.57 Å². The standard InChI is InChI=1S/C22H34O5/c1-20(24)8-4-9-22-17(20)7-10-21(11-12-23)16(5-3-6-18(21)22)19(22)27-14-13-26-15-25-2/h3,5,7,16,18-19,23-24H,4,6,8-15H2,1-2H3/t16-,18+,19?,20+,21+,22+/m0/s1.